The number of aromatic hydroxyl groups is 1. The molecule has 88 valence electrons. The quantitative estimate of drug-likeness (QED) is 0.679. The van der Waals surface area contributed by atoms with Gasteiger partial charge < -0.3 is 5.11 Å². The van der Waals surface area contributed by atoms with Gasteiger partial charge >= 0.3 is 0 Å². The lowest BCUT2D eigenvalue weighted by Crippen LogP contribution is -2.51. The van der Waals surface area contributed by atoms with Gasteiger partial charge in [-0.05, 0) is 45.4 Å². The van der Waals surface area contributed by atoms with E-state index in [1.54, 1.807) is 12.1 Å². The molecule has 1 saturated heterocycles. The molecule has 0 amide bonds. The molecular weight excluding hydrogens is 200 g/mol. The molecular formula is C13H20N2O. The zero-order chi connectivity index (χ0) is 12.0. The molecule has 0 unspecified atom stereocenters. The van der Waals surface area contributed by atoms with Crippen LogP contribution in [0.2, 0.25) is 0 Å². The molecule has 0 radical (unpaired) electrons. The summed E-state index contributed by atoms with van der Waals surface area (Å²) in [6.07, 6.45) is 0.144. The Morgan fingerprint density at radius 2 is 1.38 bits per heavy atom. The molecule has 2 rings (SSSR count). The van der Waals surface area contributed by atoms with Crippen LogP contribution in [0.3, 0.4) is 0 Å². The van der Waals surface area contributed by atoms with Gasteiger partial charge in [0.15, 0.2) is 0 Å². The zero-order valence-corrected chi connectivity index (χ0v) is 10.3. The summed E-state index contributed by atoms with van der Waals surface area (Å²) >= 11 is 0. The summed E-state index contributed by atoms with van der Waals surface area (Å²) in [7, 11) is 0. The standard InChI is InChI=1S/C13H20N2O/c1-12(2)13(3,4)15-11(14-12)9-5-7-10(16)8-6-9/h5-8,11,14-16H,1-4H3. The van der Waals surface area contributed by atoms with Crippen LogP contribution in [0.15, 0.2) is 24.3 Å². The number of rotatable bonds is 1. The first-order valence-electron chi connectivity index (χ1n) is 5.66. The third-order valence-electron chi connectivity index (χ3n) is 3.80. The van der Waals surface area contributed by atoms with Gasteiger partial charge in [-0.1, -0.05) is 12.1 Å². The topological polar surface area (TPSA) is 44.3 Å². The van der Waals surface area contributed by atoms with Crippen molar-refractivity contribution in [2.75, 3.05) is 0 Å². The normalized spacial score (nSPS) is 23.5. The molecule has 1 fully saturated rings. The molecule has 0 aliphatic carbocycles. The van der Waals surface area contributed by atoms with Gasteiger partial charge in [0.2, 0.25) is 0 Å². The van der Waals surface area contributed by atoms with Gasteiger partial charge in [0.25, 0.3) is 0 Å². The van der Waals surface area contributed by atoms with E-state index in [9.17, 15) is 5.11 Å². The highest BCUT2D eigenvalue weighted by molar-refractivity contribution is 5.29. The summed E-state index contributed by atoms with van der Waals surface area (Å²) in [4.78, 5) is 0. The van der Waals surface area contributed by atoms with Crippen molar-refractivity contribution in [2.45, 2.75) is 44.9 Å². The molecule has 1 aliphatic heterocycles. The van der Waals surface area contributed by atoms with Crippen LogP contribution in [0, 0.1) is 0 Å². The number of phenols is 1. The Morgan fingerprint density at radius 3 is 1.81 bits per heavy atom. The van der Waals surface area contributed by atoms with E-state index in [-0.39, 0.29) is 17.2 Å². The predicted octanol–water partition coefficient (Wildman–Crippen LogP) is 2.14. The van der Waals surface area contributed by atoms with E-state index >= 15 is 0 Å². The van der Waals surface area contributed by atoms with Crippen LogP contribution in [0.4, 0.5) is 0 Å². The third-order valence-corrected chi connectivity index (χ3v) is 3.80. The summed E-state index contributed by atoms with van der Waals surface area (Å²) < 4.78 is 0. The van der Waals surface area contributed by atoms with E-state index < -0.39 is 0 Å². The molecule has 3 nitrogen and oxygen atoms in total. The monoisotopic (exact) mass is 220 g/mol. The third kappa shape index (κ3) is 1.81. The number of nitrogens with one attached hydrogen (secondary N) is 2. The van der Waals surface area contributed by atoms with Crippen molar-refractivity contribution in [3.05, 3.63) is 29.8 Å². The summed E-state index contributed by atoms with van der Waals surface area (Å²) in [5.41, 5.74) is 1.22. The first-order valence-corrected chi connectivity index (χ1v) is 5.66. The lowest BCUT2D eigenvalue weighted by Gasteiger charge is -2.33. The van der Waals surface area contributed by atoms with Crippen molar-refractivity contribution in [3.63, 3.8) is 0 Å². The fourth-order valence-electron chi connectivity index (χ4n) is 1.95. The van der Waals surface area contributed by atoms with Crippen LogP contribution in [0.1, 0.15) is 39.4 Å². The Balaban J connectivity index is 2.23. The first kappa shape index (κ1) is 11.4. The van der Waals surface area contributed by atoms with E-state index in [4.69, 9.17) is 0 Å². The largest absolute Gasteiger partial charge is 0.508 e. The minimum atomic E-state index is 0.0373. The summed E-state index contributed by atoms with van der Waals surface area (Å²) in [5, 5.41) is 16.4. The van der Waals surface area contributed by atoms with Crippen LogP contribution < -0.4 is 10.6 Å². The average Bonchev–Trinajstić information content (AvgIpc) is 2.37. The molecule has 1 aromatic rings. The molecule has 16 heavy (non-hydrogen) atoms. The number of phenolic OH excluding ortho intramolecular Hbond substituents is 1. The molecule has 1 heterocycles. The zero-order valence-electron chi connectivity index (χ0n) is 10.3. The molecule has 0 bridgehead atoms. The van der Waals surface area contributed by atoms with Crippen LogP contribution in [-0.4, -0.2) is 16.2 Å². The highest BCUT2D eigenvalue weighted by Gasteiger charge is 2.45. The van der Waals surface area contributed by atoms with Crippen molar-refractivity contribution in [1.82, 2.24) is 10.6 Å². The predicted molar refractivity (Wildman–Crippen MR) is 65.3 cm³/mol. The second-order valence-corrected chi connectivity index (χ2v) is 5.56. The van der Waals surface area contributed by atoms with Gasteiger partial charge in [-0.2, -0.15) is 0 Å². The van der Waals surface area contributed by atoms with Crippen molar-refractivity contribution >= 4 is 0 Å². The molecule has 0 spiro atoms. The van der Waals surface area contributed by atoms with Crippen molar-refractivity contribution in [1.29, 1.82) is 0 Å². The molecule has 1 aliphatic rings. The van der Waals surface area contributed by atoms with E-state index in [0.29, 0.717) is 5.75 Å². The molecule has 0 saturated carbocycles. The lowest BCUT2D eigenvalue weighted by atomic mass is 9.85. The van der Waals surface area contributed by atoms with E-state index in [2.05, 4.69) is 38.3 Å². The van der Waals surface area contributed by atoms with Crippen molar-refractivity contribution in [2.24, 2.45) is 0 Å². The minimum absolute atomic E-state index is 0.0373. The maximum atomic E-state index is 9.26. The fraction of sp³-hybridized carbons (Fsp3) is 0.538. The molecule has 3 heteroatoms. The Bertz CT molecular complexity index is 365. The van der Waals surface area contributed by atoms with Crippen LogP contribution in [0.5, 0.6) is 5.75 Å². The van der Waals surface area contributed by atoms with E-state index in [1.807, 2.05) is 12.1 Å². The summed E-state index contributed by atoms with van der Waals surface area (Å²) in [6, 6.07) is 7.32. The Kier molecular flexibility index (Phi) is 2.48. The van der Waals surface area contributed by atoms with Gasteiger partial charge in [-0.3, -0.25) is 10.6 Å². The molecule has 0 atom stereocenters. The Hall–Kier alpha value is -1.06. The Morgan fingerprint density at radius 1 is 0.938 bits per heavy atom. The van der Waals surface area contributed by atoms with Gasteiger partial charge in [0.05, 0.1) is 6.17 Å². The second kappa shape index (κ2) is 3.47. The van der Waals surface area contributed by atoms with Crippen LogP contribution in [-0.2, 0) is 0 Å². The summed E-state index contributed by atoms with van der Waals surface area (Å²) in [6.45, 7) is 8.78. The van der Waals surface area contributed by atoms with E-state index in [0.717, 1.165) is 5.56 Å². The van der Waals surface area contributed by atoms with Gasteiger partial charge in [0, 0.05) is 11.1 Å². The first-order chi connectivity index (χ1) is 7.32. The number of hydrogen-bond donors (Lipinski definition) is 3. The highest BCUT2D eigenvalue weighted by atomic mass is 16.3. The SMILES string of the molecule is CC1(C)NC(c2ccc(O)cc2)NC1(C)C. The highest BCUT2D eigenvalue weighted by Crippen LogP contribution is 2.33. The molecule has 1 aromatic carbocycles. The Labute approximate surface area is 96.9 Å². The van der Waals surface area contributed by atoms with Crippen molar-refractivity contribution in [3.8, 4) is 5.75 Å². The number of hydrogen-bond acceptors (Lipinski definition) is 3. The maximum Gasteiger partial charge on any atom is 0.115 e. The minimum Gasteiger partial charge on any atom is -0.508 e. The number of benzene rings is 1. The van der Waals surface area contributed by atoms with Crippen LogP contribution in [0.25, 0.3) is 0 Å². The second-order valence-electron chi connectivity index (χ2n) is 5.56. The fourth-order valence-corrected chi connectivity index (χ4v) is 1.95. The van der Waals surface area contributed by atoms with Gasteiger partial charge in [-0.15, -0.1) is 0 Å². The average molecular weight is 220 g/mol. The van der Waals surface area contributed by atoms with Gasteiger partial charge in [0.1, 0.15) is 5.75 Å². The van der Waals surface area contributed by atoms with Crippen molar-refractivity contribution < 1.29 is 5.11 Å². The molecule has 0 aromatic heterocycles. The van der Waals surface area contributed by atoms with Gasteiger partial charge in [-0.25, -0.2) is 0 Å². The van der Waals surface area contributed by atoms with Crippen LogP contribution >= 0.6 is 0 Å². The molecule has 3 N–H and O–H groups in total. The smallest absolute Gasteiger partial charge is 0.115 e. The van der Waals surface area contributed by atoms with E-state index in [1.165, 1.54) is 0 Å². The maximum absolute atomic E-state index is 9.26. The lowest BCUT2D eigenvalue weighted by molar-refractivity contribution is 0.295. The summed E-state index contributed by atoms with van der Waals surface area (Å²) in [5.74, 6) is 0.306.